The van der Waals surface area contributed by atoms with E-state index in [9.17, 15) is 0 Å². The molecule has 1 N–H and O–H groups in total. The van der Waals surface area contributed by atoms with Crippen molar-refractivity contribution < 1.29 is 5.11 Å². The van der Waals surface area contributed by atoms with Crippen molar-refractivity contribution in [2.75, 3.05) is 6.61 Å². The summed E-state index contributed by atoms with van der Waals surface area (Å²) in [5.41, 5.74) is 0. The Bertz CT molecular complexity index is 127. The molecule has 0 aliphatic heterocycles. The second kappa shape index (κ2) is 4.55. The van der Waals surface area contributed by atoms with Gasteiger partial charge < -0.3 is 5.11 Å². The molecule has 1 fully saturated rings. The van der Waals surface area contributed by atoms with Crippen LogP contribution in [0.15, 0.2) is 12.2 Å². The van der Waals surface area contributed by atoms with Crippen molar-refractivity contribution in [3.63, 3.8) is 0 Å². The average molecular weight is 154 g/mol. The van der Waals surface area contributed by atoms with Gasteiger partial charge in [-0.2, -0.15) is 0 Å². The van der Waals surface area contributed by atoms with Crippen LogP contribution >= 0.6 is 0 Å². The fraction of sp³-hybridized carbons (Fsp3) is 0.800. The molecule has 64 valence electrons. The SMILES string of the molecule is CCC/C=C/[C@@H]1CC[C@H]1CO. The second-order valence-corrected chi connectivity index (χ2v) is 3.40. The van der Waals surface area contributed by atoms with Gasteiger partial charge in [-0.25, -0.2) is 0 Å². The molecule has 1 aliphatic carbocycles. The minimum atomic E-state index is 0.376. The first-order valence-electron chi connectivity index (χ1n) is 4.66. The maximum absolute atomic E-state index is 8.88. The highest BCUT2D eigenvalue weighted by Gasteiger charge is 2.27. The Morgan fingerprint density at radius 2 is 2.27 bits per heavy atom. The Morgan fingerprint density at radius 3 is 2.73 bits per heavy atom. The van der Waals surface area contributed by atoms with E-state index in [1.807, 2.05) is 0 Å². The maximum atomic E-state index is 8.88. The molecule has 0 heterocycles. The summed E-state index contributed by atoms with van der Waals surface area (Å²) in [7, 11) is 0. The first-order valence-corrected chi connectivity index (χ1v) is 4.66. The van der Waals surface area contributed by atoms with Crippen LogP contribution < -0.4 is 0 Å². The van der Waals surface area contributed by atoms with Crippen LogP contribution in [0.3, 0.4) is 0 Å². The molecular formula is C10H18O. The molecule has 1 rings (SSSR count). The van der Waals surface area contributed by atoms with Crippen LogP contribution in [0.5, 0.6) is 0 Å². The molecular weight excluding hydrogens is 136 g/mol. The van der Waals surface area contributed by atoms with Gasteiger partial charge in [0.05, 0.1) is 0 Å². The number of aliphatic hydroxyl groups excluding tert-OH is 1. The third-order valence-corrected chi connectivity index (χ3v) is 2.55. The molecule has 1 heteroatoms. The number of allylic oxidation sites excluding steroid dienone is 2. The van der Waals surface area contributed by atoms with Crippen molar-refractivity contribution in [1.29, 1.82) is 0 Å². The Balaban J connectivity index is 2.16. The maximum Gasteiger partial charge on any atom is 0.0464 e. The lowest BCUT2D eigenvalue weighted by Gasteiger charge is -2.32. The highest BCUT2D eigenvalue weighted by atomic mass is 16.3. The Morgan fingerprint density at radius 1 is 1.45 bits per heavy atom. The van der Waals surface area contributed by atoms with Crippen molar-refractivity contribution in [3.05, 3.63) is 12.2 Å². The van der Waals surface area contributed by atoms with Crippen molar-refractivity contribution in [3.8, 4) is 0 Å². The second-order valence-electron chi connectivity index (χ2n) is 3.40. The topological polar surface area (TPSA) is 20.2 Å². The monoisotopic (exact) mass is 154 g/mol. The van der Waals surface area contributed by atoms with Crippen LogP contribution in [-0.4, -0.2) is 11.7 Å². The van der Waals surface area contributed by atoms with E-state index in [1.54, 1.807) is 0 Å². The quantitative estimate of drug-likeness (QED) is 0.616. The van der Waals surface area contributed by atoms with Crippen LogP contribution in [0.1, 0.15) is 32.6 Å². The van der Waals surface area contributed by atoms with E-state index in [0.29, 0.717) is 18.4 Å². The van der Waals surface area contributed by atoms with Crippen LogP contribution in [-0.2, 0) is 0 Å². The Labute approximate surface area is 69.1 Å². The fourth-order valence-electron chi connectivity index (χ4n) is 1.51. The predicted octanol–water partition coefficient (Wildman–Crippen LogP) is 2.36. The van der Waals surface area contributed by atoms with Gasteiger partial charge in [0.25, 0.3) is 0 Å². The molecule has 1 saturated carbocycles. The molecule has 2 atom stereocenters. The summed E-state index contributed by atoms with van der Waals surface area (Å²) in [5.74, 6) is 1.26. The number of aliphatic hydroxyl groups is 1. The Hall–Kier alpha value is -0.300. The summed E-state index contributed by atoms with van der Waals surface area (Å²) >= 11 is 0. The summed E-state index contributed by atoms with van der Waals surface area (Å²) < 4.78 is 0. The van der Waals surface area contributed by atoms with Crippen molar-refractivity contribution in [1.82, 2.24) is 0 Å². The first-order chi connectivity index (χ1) is 5.38. The normalized spacial score (nSPS) is 30.7. The lowest BCUT2D eigenvalue weighted by atomic mass is 9.74. The molecule has 0 radical (unpaired) electrons. The van der Waals surface area contributed by atoms with Gasteiger partial charge in [0.2, 0.25) is 0 Å². The largest absolute Gasteiger partial charge is 0.396 e. The summed E-state index contributed by atoms with van der Waals surface area (Å²) in [6.45, 7) is 2.57. The molecule has 1 aliphatic rings. The molecule has 1 nitrogen and oxygen atoms in total. The first kappa shape index (κ1) is 8.79. The number of hydrogen-bond acceptors (Lipinski definition) is 1. The van der Waals surface area contributed by atoms with Gasteiger partial charge in [-0.3, -0.25) is 0 Å². The van der Waals surface area contributed by atoms with E-state index in [2.05, 4.69) is 19.1 Å². The van der Waals surface area contributed by atoms with E-state index in [1.165, 1.54) is 25.7 Å². The summed E-state index contributed by atoms with van der Waals surface area (Å²) in [4.78, 5) is 0. The van der Waals surface area contributed by atoms with Crippen molar-refractivity contribution >= 4 is 0 Å². The van der Waals surface area contributed by atoms with E-state index >= 15 is 0 Å². The predicted molar refractivity (Wildman–Crippen MR) is 47.3 cm³/mol. The zero-order valence-corrected chi connectivity index (χ0v) is 7.29. The average Bonchev–Trinajstić information content (AvgIpc) is 1.97. The van der Waals surface area contributed by atoms with Gasteiger partial charge in [0.15, 0.2) is 0 Å². The molecule has 11 heavy (non-hydrogen) atoms. The van der Waals surface area contributed by atoms with Crippen LogP contribution in [0, 0.1) is 11.8 Å². The smallest absolute Gasteiger partial charge is 0.0464 e. The number of unbranched alkanes of at least 4 members (excludes halogenated alkanes) is 1. The highest BCUT2D eigenvalue weighted by molar-refractivity contribution is 4.96. The van der Waals surface area contributed by atoms with Gasteiger partial charge in [0.1, 0.15) is 0 Å². The molecule has 0 aromatic rings. The van der Waals surface area contributed by atoms with Gasteiger partial charge in [-0.05, 0) is 31.1 Å². The number of rotatable bonds is 4. The van der Waals surface area contributed by atoms with Crippen LogP contribution in [0.2, 0.25) is 0 Å². The third-order valence-electron chi connectivity index (χ3n) is 2.55. The molecule has 0 amide bonds. The lowest BCUT2D eigenvalue weighted by molar-refractivity contribution is 0.119. The van der Waals surface area contributed by atoms with E-state index in [0.717, 1.165) is 0 Å². The molecule has 0 spiro atoms. The zero-order chi connectivity index (χ0) is 8.10. The van der Waals surface area contributed by atoms with E-state index in [4.69, 9.17) is 5.11 Å². The molecule has 0 unspecified atom stereocenters. The number of hydrogen-bond donors (Lipinski definition) is 1. The fourth-order valence-corrected chi connectivity index (χ4v) is 1.51. The van der Waals surface area contributed by atoms with E-state index in [-0.39, 0.29) is 0 Å². The van der Waals surface area contributed by atoms with Crippen molar-refractivity contribution in [2.45, 2.75) is 32.6 Å². The van der Waals surface area contributed by atoms with E-state index < -0.39 is 0 Å². The highest BCUT2D eigenvalue weighted by Crippen LogP contribution is 2.34. The summed E-state index contributed by atoms with van der Waals surface area (Å²) in [6.07, 6.45) is 9.46. The zero-order valence-electron chi connectivity index (χ0n) is 7.29. The lowest BCUT2D eigenvalue weighted by Crippen LogP contribution is -2.26. The van der Waals surface area contributed by atoms with Gasteiger partial charge in [-0.1, -0.05) is 25.5 Å². The standard InChI is InChI=1S/C10H18O/c1-2-3-4-5-9-6-7-10(9)8-11/h4-5,9-11H,2-3,6-8H2,1H3/b5-4+/t9-,10+/m1/s1. The Kier molecular flexibility index (Phi) is 3.64. The molecule has 0 aromatic heterocycles. The summed E-state index contributed by atoms with van der Waals surface area (Å²) in [5, 5.41) is 8.88. The molecule has 0 saturated heterocycles. The van der Waals surface area contributed by atoms with Gasteiger partial charge in [-0.15, -0.1) is 0 Å². The molecule has 0 bridgehead atoms. The summed E-state index contributed by atoms with van der Waals surface area (Å²) in [6, 6.07) is 0. The van der Waals surface area contributed by atoms with Crippen LogP contribution in [0.25, 0.3) is 0 Å². The van der Waals surface area contributed by atoms with Gasteiger partial charge in [0, 0.05) is 6.61 Å². The van der Waals surface area contributed by atoms with Crippen LogP contribution in [0.4, 0.5) is 0 Å². The third kappa shape index (κ3) is 2.33. The van der Waals surface area contributed by atoms with Gasteiger partial charge >= 0.3 is 0 Å². The minimum absolute atomic E-state index is 0.376. The van der Waals surface area contributed by atoms with Crippen molar-refractivity contribution in [2.24, 2.45) is 11.8 Å². The minimum Gasteiger partial charge on any atom is -0.396 e. The molecule has 0 aromatic carbocycles.